The Morgan fingerprint density at radius 3 is 3.14 bits per heavy atom. The molecule has 0 aliphatic carbocycles. The van der Waals surface area contributed by atoms with Crippen LogP contribution in [0.4, 0.5) is 10.1 Å². The fraction of sp³-hybridized carbons (Fsp3) is 0.400. The molecule has 0 saturated carbocycles. The molecule has 1 heterocycles. The van der Waals surface area contributed by atoms with E-state index in [-0.39, 0.29) is 10.8 Å². The molecule has 0 aromatic heterocycles. The second-order valence-electron chi connectivity index (χ2n) is 3.56. The first-order valence-electron chi connectivity index (χ1n) is 4.52. The molecule has 0 saturated heterocycles. The Bertz CT molecular complexity index is 323. The van der Waals surface area contributed by atoms with Gasteiger partial charge in [-0.05, 0) is 18.1 Å². The molecule has 1 atom stereocenters. The van der Waals surface area contributed by atoms with Gasteiger partial charge in [-0.1, -0.05) is 18.5 Å². The summed E-state index contributed by atoms with van der Waals surface area (Å²) in [6.45, 7) is 3.06. The van der Waals surface area contributed by atoms with Crippen molar-refractivity contribution in [2.45, 2.75) is 11.8 Å². The van der Waals surface area contributed by atoms with Crippen molar-refractivity contribution in [3.63, 3.8) is 0 Å². The van der Waals surface area contributed by atoms with Gasteiger partial charge in [0.05, 0.1) is 10.7 Å². The molecule has 1 aromatic carbocycles. The summed E-state index contributed by atoms with van der Waals surface area (Å²) in [4.78, 5) is 1.04. The average molecular weight is 232 g/mol. The van der Waals surface area contributed by atoms with Crippen LogP contribution in [0.25, 0.3) is 0 Å². The van der Waals surface area contributed by atoms with Crippen molar-refractivity contribution in [2.75, 3.05) is 17.6 Å². The van der Waals surface area contributed by atoms with E-state index in [1.165, 1.54) is 6.07 Å². The zero-order valence-corrected chi connectivity index (χ0v) is 9.38. The van der Waals surface area contributed by atoms with Crippen LogP contribution in [0.1, 0.15) is 6.92 Å². The molecule has 1 aliphatic heterocycles. The van der Waals surface area contributed by atoms with E-state index in [0.29, 0.717) is 5.92 Å². The van der Waals surface area contributed by atoms with Gasteiger partial charge in [0.2, 0.25) is 0 Å². The maximum atomic E-state index is 13.2. The Hall–Kier alpha value is -0.410. The summed E-state index contributed by atoms with van der Waals surface area (Å²) in [5.74, 6) is 1.28. The number of anilines is 1. The summed E-state index contributed by atoms with van der Waals surface area (Å²) in [7, 11) is 0. The Labute approximate surface area is 92.0 Å². The predicted molar refractivity (Wildman–Crippen MR) is 59.8 cm³/mol. The number of rotatable bonds is 0. The molecule has 1 nitrogen and oxygen atoms in total. The van der Waals surface area contributed by atoms with Crippen LogP contribution >= 0.6 is 23.4 Å². The zero-order valence-electron chi connectivity index (χ0n) is 7.81. The van der Waals surface area contributed by atoms with Crippen molar-refractivity contribution >= 4 is 29.1 Å². The van der Waals surface area contributed by atoms with E-state index in [1.807, 2.05) is 0 Å². The van der Waals surface area contributed by atoms with Crippen LogP contribution in [-0.2, 0) is 0 Å². The van der Waals surface area contributed by atoms with Crippen LogP contribution in [0, 0.1) is 11.7 Å². The second-order valence-corrected chi connectivity index (χ2v) is 5.03. The minimum Gasteiger partial charge on any atom is -0.384 e. The summed E-state index contributed by atoms with van der Waals surface area (Å²) in [5, 5.41) is 3.42. The van der Waals surface area contributed by atoms with E-state index in [4.69, 9.17) is 11.6 Å². The highest BCUT2D eigenvalue weighted by atomic mass is 35.5. The molecule has 0 bridgehead atoms. The van der Waals surface area contributed by atoms with E-state index in [2.05, 4.69) is 12.2 Å². The smallest absolute Gasteiger partial charge is 0.143 e. The number of hydrogen-bond donors (Lipinski definition) is 1. The quantitative estimate of drug-likeness (QED) is 0.732. The molecular weight excluding hydrogens is 221 g/mol. The third-order valence-electron chi connectivity index (χ3n) is 2.19. The van der Waals surface area contributed by atoms with Gasteiger partial charge in [0, 0.05) is 17.2 Å². The molecule has 14 heavy (non-hydrogen) atoms. The molecular formula is C10H11ClFNS. The molecule has 2 rings (SSSR count). The van der Waals surface area contributed by atoms with E-state index in [0.717, 1.165) is 22.9 Å². The lowest BCUT2D eigenvalue weighted by molar-refractivity contribution is 0.627. The molecule has 0 spiro atoms. The van der Waals surface area contributed by atoms with Crippen molar-refractivity contribution in [1.29, 1.82) is 0 Å². The molecule has 0 amide bonds. The van der Waals surface area contributed by atoms with E-state index in [9.17, 15) is 4.39 Å². The third kappa shape index (κ3) is 1.98. The number of hydrogen-bond acceptors (Lipinski definition) is 2. The van der Waals surface area contributed by atoms with Gasteiger partial charge in [0.15, 0.2) is 0 Å². The monoisotopic (exact) mass is 231 g/mol. The van der Waals surface area contributed by atoms with Gasteiger partial charge >= 0.3 is 0 Å². The van der Waals surface area contributed by atoms with Gasteiger partial charge < -0.3 is 5.32 Å². The molecule has 1 aromatic rings. The number of halogens is 2. The number of fused-ring (bicyclic) bond motifs is 1. The van der Waals surface area contributed by atoms with Crippen molar-refractivity contribution in [3.05, 3.63) is 23.0 Å². The first-order chi connectivity index (χ1) is 6.66. The molecule has 1 aliphatic rings. The van der Waals surface area contributed by atoms with Crippen LogP contribution in [0.15, 0.2) is 17.0 Å². The molecule has 1 N–H and O–H groups in total. The minimum atomic E-state index is -0.354. The third-order valence-corrected chi connectivity index (χ3v) is 3.86. The Balaban J connectivity index is 2.36. The standard InChI is InChI=1S/C10H11ClFNS/c1-6-4-13-9-3-8(12)7(11)2-10(9)14-5-6/h2-3,6,13H,4-5H2,1H3. The highest BCUT2D eigenvalue weighted by Crippen LogP contribution is 2.35. The highest BCUT2D eigenvalue weighted by molar-refractivity contribution is 7.99. The van der Waals surface area contributed by atoms with Crippen LogP contribution in [0.2, 0.25) is 5.02 Å². The Kier molecular flexibility index (Phi) is 2.88. The SMILES string of the molecule is CC1CNc2cc(F)c(Cl)cc2SC1. The van der Waals surface area contributed by atoms with Crippen molar-refractivity contribution in [2.24, 2.45) is 5.92 Å². The highest BCUT2D eigenvalue weighted by Gasteiger charge is 2.14. The van der Waals surface area contributed by atoms with Gasteiger partial charge in [-0.25, -0.2) is 4.39 Å². The molecule has 0 fully saturated rings. The predicted octanol–water partition coefficient (Wildman–Crippen LogP) is 3.63. The fourth-order valence-electron chi connectivity index (χ4n) is 1.36. The molecule has 1 unspecified atom stereocenters. The number of nitrogens with one attached hydrogen (secondary N) is 1. The lowest BCUT2D eigenvalue weighted by Gasteiger charge is -2.08. The zero-order chi connectivity index (χ0) is 10.1. The number of thioether (sulfide) groups is 1. The minimum absolute atomic E-state index is 0.201. The lowest BCUT2D eigenvalue weighted by Crippen LogP contribution is -2.10. The van der Waals surface area contributed by atoms with Crippen molar-refractivity contribution in [3.8, 4) is 0 Å². The van der Waals surface area contributed by atoms with Gasteiger partial charge in [-0.3, -0.25) is 0 Å². The summed E-state index contributed by atoms with van der Waals surface area (Å²) < 4.78 is 13.2. The maximum absolute atomic E-state index is 13.2. The summed E-state index contributed by atoms with van der Waals surface area (Å²) in [6, 6.07) is 3.17. The van der Waals surface area contributed by atoms with Crippen molar-refractivity contribution < 1.29 is 4.39 Å². The summed E-state index contributed by atoms with van der Waals surface area (Å²) in [5.41, 5.74) is 0.862. The molecule has 0 radical (unpaired) electrons. The first-order valence-corrected chi connectivity index (χ1v) is 5.89. The van der Waals surface area contributed by atoms with Gasteiger partial charge in [-0.2, -0.15) is 0 Å². The largest absolute Gasteiger partial charge is 0.384 e. The van der Waals surface area contributed by atoms with Gasteiger partial charge in [-0.15, -0.1) is 11.8 Å². The Morgan fingerprint density at radius 1 is 1.57 bits per heavy atom. The molecule has 76 valence electrons. The van der Waals surface area contributed by atoms with Crippen molar-refractivity contribution in [1.82, 2.24) is 0 Å². The first kappa shape index (κ1) is 10.1. The number of benzene rings is 1. The average Bonchev–Trinajstić information content (AvgIpc) is 2.31. The summed E-state index contributed by atoms with van der Waals surface area (Å²) >= 11 is 7.45. The maximum Gasteiger partial charge on any atom is 0.143 e. The Morgan fingerprint density at radius 2 is 2.36 bits per heavy atom. The van der Waals surface area contributed by atoms with Crippen LogP contribution < -0.4 is 5.32 Å². The van der Waals surface area contributed by atoms with Gasteiger partial charge in [0.25, 0.3) is 0 Å². The van der Waals surface area contributed by atoms with E-state index >= 15 is 0 Å². The van der Waals surface area contributed by atoms with E-state index in [1.54, 1.807) is 17.8 Å². The topological polar surface area (TPSA) is 12.0 Å². The molecule has 4 heteroatoms. The van der Waals surface area contributed by atoms with Crippen LogP contribution in [0.5, 0.6) is 0 Å². The fourth-order valence-corrected chi connectivity index (χ4v) is 2.66. The van der Waals surface area contributed by atoms with E-state index < -0.39 is 0 Å². The van der Waals surface area contributed by atoms with Crippen LogP contribution in [-0.4, -0.2) is 12.3 Å². The normalized spacial score (nSPS) is 20.9. The second kappa shape index (κ2) is 3.99. The van der Waals surface area contributed by atoms with Crippen LogP contribution in [0.3, 0.4) is 0 Å². The van der Waals surface area contributed by atoms with Gasteiger partial charge in [0.1, 0.15) is 5.82 Å². The lowest BCUT2D eigenvalue weighted by atomic mass is 10.2. The summed E-state index contributed by atoms with van der Waals surface area (Å²) in [6.07, 6.45) is 0.